The molecule has 1 spiro atoms. The van der Waals surface area contributed by atoms with Crippen molar-refractivity contribution < 1.29 is 19.1 Å². The fourth-order valence-corrected chi connectivity index (χ4v) is 6.06. The van der Waals surface area contributed by atoms with Crippen molar-refractivity contribution in [3.63, 3.8) is 0 Å². The van der Waals surface area contributed by atoms with Gasteiger partial charge in [-0.2, -0.15) is 0 Å². The average Bonchev–Trinajstić information content (AvgIpc) is 3.49. The molecule has 1 aliphatic carbocycles. The minimum atomic E-state index is -0.651. The van der Waals surface area contributed by atoms with Gasteiger partial charge >= 0.3 is 0 Å². The van der Waals surface area contributed by atoms with Crippen LogP contribution in [-0.4, -0.2) is 48.1 Å². The van der Waals surface area contributed by atoms with Gasteiger partial charge < -0.3 is 19.7 Å². The highest BCUT2D eigenvalue weighted by molar-refractivity contribution is 5.93. The highest BCUT2D eigenvalue weighted by atomic mass is 16.5. The van der Waals surface area contributed by atoms with Gasteiger partial charge in [-0.25, -0.2) is 0 Å². The number of ether oxygens (including phenoxy) is 2. The van der Waals surface area contributed by atoms with Gasteiger partial charge in [0.05, 0.1) is 37.1 Å². The number of hydrogen-bond donors (Lipinski definition) is 1. The third-order valence-electron chi connectivity index (χ3n) is 7.50. The summed E-state index contributed by atoms with van der Waals surface area (Å²) in [6.45, 7) is 4.55. The predicted octanol–water partition coefficient (Wildman–Crippen LogP) is 2.77. The van der Waals surface area contributed by atoms with Gasteiger partial charge in [-0.3, -0.25) is 9.59 Å². The van der Waals surface area contributed by atoms with Gasteiger partial charge in [0, 0.05) is 11.6 Å². The number of para-hydroxylation sites is 1. The lowest BCUT2D eigenvalue weighted by Gasteiger charge is -2.35. The quantitative estimate of drug-likeness (QED) is 0.758. The lowest BCUT2D eigenvalue weighted by atomic mass is 9.76. The molecule has 0 aromatic heterocycles. The maximum absolute atomic E-state index is 13.7. The number of carbonyl (C=O) groups is 2. The summed E-state index contributed by atoms with van der Waals surface area (Å²) in [6.07, 6.45) is 7.50. The van der Waals surface area contributed by atoms with E-state index in [2.05, 4.69) is 5.32 Å². The summed E-state index contributed by atoms with van der Waals surface area (Å²) in [5.41, 5.74) is -0.0856. The van der Waals surface area contributed by atoms with Crippen LogP contribution in [0.3, 0.4) is 0 Å². The number of amides is 2. The van der Waals surface area contributed by atoms with Gasteiger partial charge in [-0.1, -0.05) is 43.2 Å². The van der Waals surface area contributed by atoms with Crippen molar-refractivity contribution >= 4 is 11.8 Å². The Balaban J connectivity index is 1.46. The van der Waals surface area contributed by atoms with Crippen LogP contribution in [0.5, 0.6) is 5.75 Å². The van der Waals surface area contributed by atoms with Crippen molar-refractivity contribution in [2.45, 2.75) is 62.8 Å². The zero-order valence-electron chi connectivity index (χ0n) is 17.9. The van der Waals surface area contributed by atoms with E-state index in [0.717, 1.165) is 37.0 Å². The molecule has 1 saturated carbocycles. The van der Waals surface area contributed by atoms with Crippen LogP contribution >= 0.6 is 0 Å². The SMILES string of the molecule is COc1ccccc1C1(NC(=O)[C@H]2[C@@H]3C=C[C@@]4(CN(C(C)C)C(=O)[C@@H]24)O3)CCCC1. The van der Waals surface area contributed by atoms with Gasteiger partial charge in [0.25, 0.3) is 0 Å². The van der Waals surface area contributed by atoms with E-state index in [4.69, 9.17) is 9.47 Å². The van der Waals surface area contributed by atoms with Crippen molar-refractivity contribution in [2.75, 3.05) is 13.7 Å². The number of methoxy groups -OCH3 is 1. The van der Waals surface area contributed by atoms with Crippen LogP contribution in [0.25, 0.3) is 0 Å². The van der Waals surface area contributed by atoms with E-state index in [0.29, 0.717) is 6.54 Å². The minimum absolute atomic E-state index is 0.0368. The number of nitrogens with one attached hydrogen (secondary N) is 1. The van der Waals surface area contributed by atoms with Gasteiger partial charge in [-0.15, -0.1) is 0 Å². The Kier molecular flexibility index (Phi) is 4.47. The first kappa shape index (κ1) is 19.6. The molecule has 4 atom stereocenters. The molecule has 0 unspecified atom stereocenters. The summed E-state index contributed by atoms with van der Waals surface area (Å²) >= 11 is 0. The maximum atomic E-state index is 13.7. The molecule has 160 valence electrons. The monoisotopic (exact) mass is 410 g/mol. The van der Waals surface area contributed by atoms with Crippen LogP contribution in [0.15, 0.2) is 36.4 Å². The Hall–Kier alpha value is -2.34. The van der Waals surface area contributed by atoms with Gasteiger partial charge in [-0.05, 0) is 32.8 Å². The molecule has 3 aliphatic heterocycles. The zero-order chi connectivity index (χ0) is 21.1. The number of fused-ring (bicyclic) bond motifs is 1. The molecule has 2 amide bonds. The van der Waals surface area contributed by atoms with Crippen molar-refractivity contribution in [1.82, 2.24) is 10.2 Å². The van der Waals surface area contributed by atoms with Crippen LogP contribution in [-0.2, 0) is 19.9 Å². The van der Waals surface area contributed by atoms with Gasteiger partial charge in [0.2, 0.25) is 11.8 Å². The number of hydrogen-bond acceptors (Lipinski definition) is 4. The number of carbonyl (C=O) groups excluding carboxylic acids is 2. The number of rotatable bonds is 5. The molecular formula is C24H30N2O4. The molecule has 5 rings (SSSR count). The maximum Gasteiger partial charge on any atom is 0.230 e. The van der Waals surface area contributed by atoms with Crippen LogP contribution in [0.2, 0.25) is 0 Å². The molecule has 3 fully saturated rings. The minimum Gasteiger partial charge on any atom is -0.496 e. The standard InChI is InChI=1S/C24H30N2O4/c1-15(2)26-14-24-13-10-18(30-24)19(20(24)22(26)28)21(27)25-23(11-6-7-12-23)16-8-4-5-9-17(16)29-3/h4-5,8-10,13,15,18-20H,6-7,11-12,14H2,1-3H3,(H,25,27)/t18-,19-,20+,24-/m0/s1. The molecule has 2 bridgehead atoms. The smallest absolute Gasteiger partial charge is 0.230 e. The van der Waals surface area contributed by atoms with Crippen molar-refractivity contribution in [1.29, 1.82) is 0 Å². The third kappa shape index (κ3) is 2.66. The topological polar surface area (TPSA) is 67.9 Å². The van der Waals surface area contributed by atoms with Crippen molar-refractivity contribution in [3.8, 4) is 5.75 Å². The highest BCUT2D eigenvalue weighted by Crippen LogP contribution is 2.53. The first-order valence-corrected chi connectivity index (χ1v) is 11.0. The molecule has 6 heteroatoms. The summed E-state index contributed by atoms with van der Waals surface area (Å²) in [7, 11) is 1.67. The van der Waals surface area contributed by atoms with E-state index < -0.39 is 23.0 Å². The summed E-state index contributed by atoms with van der Waals surface area (Å²) in [5.74, 6) is -0.176. The zero-order valence-corrected chi connectivity index (χ0v) is 17.9. The van der Waals surface area contributed by atoms with E-state index >= 15 is 0 Å². The van der Waals surface area contributed by atoms with Crippen molar-refractivity contribution in [3.05, 3.63) is 42.0 Å². The highest BCUT2D eigenvalue weighted by Gasteiger charge is 2.67. The molecule has 6 nitrogen and oxygen atoms in total. The number of benzene rings is 1. The Labute approximate surface area is 177 Å². The molecule has 0 radical (unpaired) electrons. The van der Waals surface area contributed by atoms with E-state index in [-0.39, 0.29) is 24.0 Å². The molecule has 1 aromatic rings. The summed E-state index contributed by atoms with van der Waals surface area (Å²) in [5, 5.41) is 3.38. The average molecular weight is 411 g/mol. The molecule has 1 N–H and O–H groups in total. The van der Waals surface area contributed by atoms with Crippen LogP contribution < -0.4 is 10.1 Å². The van der Waals surface area contributed by atoms with Crippen LogP contribution in [0.1, 0.15) is 45.1 Å². The summed E-state index contributed by atoms with van der Waals surface area (Å²) in [6, 6.07) is 8.02. The lowest BCUT2D eigenvalue weighted by molar-refractivity contribution is -0.139. The molecule has 30 heavy (non-hydrogen) atoms. The number of likely N-dealkylation sites (tertiary alicyclic amines) is 1. The first-order valence-electron chi connectivity index (χ1n) is 11.0. The Morgan fingerprint density at radius 2 is 2.00 bits per heavy atom. The molecule has 3 heterocycles. The Morgan fingerprint density at radius 1 is 1.27 bits per heavy atom. The molecule has 1 aromatic carbocycles. The molecular weight excluding hydrogens is 380 g/mol. The van der Waals surface area contributed by atoms with Crippen molar-refractivity contribution in [2.24, 2.45) is 11.8 Å². The summed E-state index contributed by atoms with van der Waals surface area (Å²) < 4.78 is 11.9. The third-order valence-corrected chi connectivity index (χ3v) is 7.50. The first-order chi connectivity index (χ1) is 14.4. The largest absolute Gasteiger partial charge is 0.496 e. The fourth-order valence-electron chi connectivity index (χ4n) is 6.06. The van der Waals surface area contributed by atoms with Gasteiger partial charge in [0.15, 0.2) is 0 Å². The number of nitrogens with zero attached hydrogens (tertiary/aromatic N) is 1. The molecule has 2 saturated heterocycles. The second-order valence-corrected chi connectivity index (χ2v) is 9.44. The van der Waals surface area contributed by atoms with Crippen LogP contribution in [0, 0.1) is 11.8 Å². The molecule has 4 aliphatic rings. The van der Waals surface area contributed by atoms with Crippen LogP contribution in [0.4, 0.5) is 0 Å². The van der Waals surface area contributed by atoms with Gasteiger partial charge in [0.1, 0.15) is 11.4 Å². The normalized spacial score (nSPS) is 33.4. The van der Waals surface area contributed by atoms with E-state index in [9.17, 15) is 9.59 Å². The predicted molar refractivity (Wildman–Crippen MR) is 112 cm³/mol. The lowest BCUT2D eigenvalue weighted by Crippen LogP contribution is -2.51. The van der Waals surface area contributed by atoms with E-state index in [1.165, 1.54) is 0 Å². The Morgan fingerprint density at radius 3 is 2.70 bits per heavy atom. The second kappa shape index (κ2) is 6.84. The van der Waals surface area contributed by atoms with E-state index in [1.54, 1.807) is 7.11 Å². The Bertz CT molecular complexity index is 904. The second-order valence-electron chi connectivity index (χ2n) is 9.44. The fraction of sp³-hybridized carbons (Fsp3) is 0.583. The van der Waals surface area contributed by atoms with E-state index in [1.807, 2.05) is 55.2 Å². The summed E-state index contributed by atoms with van der Waals surface area (Å²) in [4.78, 5) is 28.8.